The number of imidazole rings is 1. The van der Waals surface area contributed by atoms with Crippen molar-refractivity contribution >= 4 is 5.91 Å². The summed E-state index contributed by atoms with van der Waals surface area (Å²) < 4.78 is 2.01. The molecule has 0 unspecified atom stereocenters. The number of nitrogens with zero attached hydrogens (tertiary/aromatic N) is 3. The molecule has 144 valence electrons. The molecule has 28 heavy (non-hydrogen) atoms. The quantitative estimate of drug-likeness (QED) is 0.647. The lowest BCUT2D eigenvalue weighted by Crippen LogP contribution is -2.33. The lowest BCUT2D eigenvalue weighted by molar-refractivity contribution is 0.0951. The summed E-state index contributed by atoms with van der Waals surface area (Å²) in [6.07, 6.45) is 7.58. The second-order valence-electron chi connectivity index (χ2n) is 7.34. The van der Waals surface area contributed by atoms with Crippen LogP contribution in [0.4, 0.5) is 0 Å². The van der Waals surface area contributed by atoms with Gasteiger partial charge >= 0.3 is 0 Å². The van der Waals surface area contributed by atoms with Gasteiger partial charge in [-0.15, -0.1) is 0 Å². The summed E-state index contributed by atoms with van der Waals surface area (Å²) in [5.74, 6) is -0.00169. The van der Waals surface area contributed by atoms with Gasteiger partial charge in [-0.3, -0.25) is 9.69 Å². The van der Waals surface area contributed by atoms with Crippen LogP contribution in [0.25, 0.3) is 0 Å². The Hall–Kier alpha value is -2.92. The SMILES string of the molecule is O=C(NCCCN1CCc2ccccc2C1)c1ccc(Cn2ccnc2)cc1. The number of rotatable bonds is 7. The highest BCUT2D eigenvalue weighted by Gasteiger charge is 2.15. The fraction of sp³-hybridized carbons (Fsp3) is 0.304. The molecule has 5 heteroatoms. The van der Waals surface area contributed by atoms with Crippen molar-refractivity contribution < 1.29 is 4.79 Å². The molecule has 0 saturated heterocycles. The number of amides is 1. The minimum Gasteiger partial charge on any atom is -0.352 e. The van der Waals surface area contributed by atoms with Gasteiger partial charge in [0.05, 0.1) is 6.33 Å². The van der Waals surface area contributed by atoms with E-state index in [1.54, 1.807) is 12.5 Å². The van der Waals surface area contributed by atoms with Gasteiger partial charge in [0.2, 0.25) is 0 Å². The van der Waals surface area contributed by atoms with Crippen LogP contribution in [0, 0.1) is 0 Å². The fourth-order valence-electron chi connectivity index (χ4n) is 3.70. The van der Waals surface area contributed by atoms with Gasteiger partial charge in [0.25, 0.3) is 5.91 Å². The van der Waals surface area contributed by atoms with Crippen molar-refractivity contribution in [3.8, 4) is 0 Å². The summed E-state index contributed by atoms with van der Waals surface area (Å²) >= 11 is 0. The first-order chi connectivity index (χ1) is 13.8. The maximum absolute atomic E-state index is 12.3. The van der Waals surface area contributed by atoms with Gasteiger partial charge in [-0.05, 0) is 41.7 Å². The predicted molar refractivity (Wildman–Crippen MR) is 110 cm³/mol. The lowest BCUT2D eigenvalue weighted by atomic mass is 10.00. The van der Waals surface area contributed by atoms with Crippen molar-refractivity contribution in [2.24, 2.45) is 0 Å². The van der Waals surface area contributed by atoms with E-state index in [1.807, 2.05) is 35.0 Å². The van der Waals surface area contributed by atoms with Crippen LogP contribution in [0.3, 0.4) is 0 Å². The van der Waals surface area contributed by atoms with E-state index in [2.05, 4.69) is 39.5 Å². The number of hydrogen-bond donors (Lipinski definition) is 1. The maximum atomic E-state index is 12.3. The molecule has 1 aromatic heterocycles. The molecular weight excluding hydrogens is 348 g/mol. The summed E-state index contributed by atoms with van der Waals surface area (Å²) in [7, 11) is 0. The third-order valence-electron chi connectivity index (χ3n) is 5.29. The minimum atomic E-state index is -0.00169. The molecule has 2 aromatic carbocycles. The van der Waals surface area contributed by atoms with Crippen molar-refractivity contribution in [1.82, 2.24) is 19.8 Å². The molecule has 0 radical (unpaired) electrons. The molecule has 0 aliphatic carbocycles. The van der Waals surface area contributed by atoms with Crippen LogP contribution in [0.2, 0.25) is 0 Å². The number of carbonyl (C=O) groups excluding carboxylic acids is 1. The molecule has 3 aromatic rings. The topological polar surface area (TPSA) is 50.2 Å². The summed E-state index contributed by atoms with van der Waals surface area (Å²) in [5.41, 5.74) is 4.78. The normalized spacial score (nSPS) is 13.9. The number of aromatic nitrogens is 2. The summed E-state index contributed by atoms with van der Waals surface area (Å²) in [5, 5.41) is 3.04. The Kier molecular flexibility index (Phi) is 5.83. The van der Waals surface area contributed by atoms with E-state index in [4.69, 9.17) is 0 Å². The Labute approximate surface area is 166 Å². The van der Waals surface area contributed by atoms with Gasteiger partial charge in [-0.25, -0.2) is 4.98 Å². The minimum absolute atomic E-state index is 0.00169. The monoisotopic (exact) mass is 374 g/mol. The van der Waals surface area contributed by atoms with E-state index in [0.717, 1.165) is 44.6 Å². The van der Waals surface area contributed by atoms with Gasteiger partial charge < -0.3 is 9.88 Å². The zero-order chi connectivity index (χ0) is 19.2. The largest absolute Gasteiger partial charge is 0.352 e. The fourth-order valence-corrected chi connectivity index (χ4v) is 3.70. The molecule has 1 aliphatic heterocycles. The molecule has 1 aliphatic rings. The van der Waals surface area contributed by atoms with Crippen molar-refractivity contribution in [3.05, 3.63) is 89.5 Å². The predicted octanol–water partition coefficient (Wildman–Crippen LogP) is 3.11. The van der Waals surface area contributed by atoms with Gasteiger partial charge in [0.1, 0.15) is 0 Å². The lowest BCUT2D eigenvalue weighted by Gasteiger charge is -2.28. The summed E-state index contributed by atoms with van der Waals surface area (Å²) in [6, 6.07) is 16.5. The number of hydrogen-bond acceptors (Lipinski definition) is 3. The van der Waals surface area contributed by atoms with E-state index in [-0.39, 0.29) is 5.91 Å². The van der Waals surface area contributed by atoms with E-state index >= 15 is 0 Å². The Balaban J connectivity index is 1.19. The summed E-state index contributed by atoms with van der Waals surface area (Å²) in [4.78, 5) is 18.9. The highest BCUT2D eigenvalue weighted by molar-refractivity contribution is 5.94. The first-order valence-corrected chi connectivity index (χ1v) is 9.90. The zero-order valence-electron chi connectivity index (χ0n) is 16.1. The first-order valence-electron chi connectivity index (χ1n) is 9.90. The van der Waals surface area contributed by atoms with Crippen molar-refractivity contribution in [3.63, 3.8) is 0 Å². The van der Waals surface area contributed by atoms with Gasteiger partial charge in [0.15, 0.2) is 0 Å². The van der Waals surface area contributed by atoms with Crippen molar-refractivity contribution in [1.29, 1.82) is 0 Å². The van der Waals surface area contributed by atoms with Crippen LogP contribution >= 0.6 is 0 Å². The third kappa shape index (κ3) is 4.67. The van der Waals surface area contributed by atoms with Gasteiger partial charge in [-0.1, -0.05) is 36.4 Å². The summed E-state index contributed by atoms with van der Waals surface area (Å²) in [6.45, 7) is 4.60. The molecule has 0 spiro atoms. The Bertz CT molecular complexity index is 903. The number of nitrogens with one attached hydrogen (secondary N) is 1. The molecule has 1 N–H and O–H groups in total. The van der Waals surface area contributed by atoms with E-state index in [1.165, 1.54) is 11.1 Å². The Morgan fingerprint density at radius 2 is 1.89 bits per heavy atom. The molecule has 0 bridgehead atoms. The van der Waals surface area contributed by atoms with Crippen LogP contribution in [0.15, 0.2) is 67.3 Å². The third-order valence-corrected chi connectivity index (χ3v) is 5.29. The molecule has 1 amide bonds. The van der Waals surface area contributed by atoms with Crippen molar-refractivity contribution in [2.45, 2.75) is 25.9 Å². The molecule has 0 atom stereocenters. The second kappa shape index (κ2) is 8.85. The molecular formula is C23H26N4O. The van der Waals surface area contributed by atoms with Crippen LogP contribution in [0.1, 0.15) is 33.5 Å². The standard InChI is InChI=1S/C23H26N4O/c28-23(21-8-6-19(7-9-21)16-27-15-12-24-18-27)25-11-3-13-26-14-10-20-4-1-2-5-22(20)17-26/h1-2,4-9,12,15,18H,3,10-11,13-14,16-17H2,(H,25,28). The van der Waals surface area contributed by atoms with Crippen LogP contribution < -0.4 is 5.32 Å². The van der Waals surface area contributed by atoms with Crippen LogP contribution in [0.5, 0.6) is 0 Å². The number of benzene rings is 2. The highest BCUT2D eigenvalue weighted by atomic mass is 16.1. The van der Waals surface area contributed by atoms with E-state index < -0.39 is 0 Å². The Morgan fingerprint density at radius 1 is 1.07 bits per heavy atom. The first kappa shape index (κ1) is 18.4. The van der Waals surface area contributed by atoms with Gasteiger partial charge in [-0.2, -0.15) is 0 Å². The van der Waals surface area contributed by atoms with Crippen molar-refractivity contribution in [2.75, 3.05) is 19.6 Å². The van der Waals surface area contributed by atoms with Crippen LogP contribution in [-0.4, -0.2) is 40.0 Å². The smallest absolute Gasteiger partial charge is 0.251 e. The molecule has 0 saturated carbocycles. The highest BCUT2D eigenvalue weighted by Crippen LogP contribution is 2.18. The maximum Gasteiger partial charge on any atom is 0.251 e. The Morgan fingerprint density at radius 3 is 2.68 bits per heavy atom. The van der Waals surface area contributed by atoms with E-state index in [0.29, 0.717) is 12.1 Å². The number of carbonyl (C=O) groups is 1. The number of fused-ring (bicyclic) bond motifs is 1. The van der Waals surface area contributed by atoms with E-state index in [9.17, 15) is 4.79 Å². The molecule has 0 fully saturated rings. The zero-order valence-corrected chi connectivity index (χ0v) is 16.1. The molecule has 4 rings (SSSR count). The molecule has 5 nitrogen and oxygen atoms in total. The molecule has 2 heterocycles. The second-order valence-corrected chi connectivity index (χ2v) is 7.34. The average molecular weight is 374 g/mol. The van der Waals surface area contributed by atoms with Crippen LogP contribution in [-0.2, 0) is 19.5 Å². The average Bonchev–Trinajstić information content (AvgIpc) is 3.24. The van der Waals surface area contributed by atoms with Gasteiger partial charge in [0, 0.05) is 50.7 Å².